The standard InChI is InChI=1S/C12H15ClN6O/c1-7-15-10(18-17-7)6-19(3)12(20)11-8(13)4-5-9(14-2)16-11/h4-5H,6H2,1-3H3,(H,14,16)(H,15,17,18). The van der Waals surface area contributed by atoms with Crippen molar-refractivity contribution in [2.45, 2.75) is 13.5 Å². The van der Waals surface area contributed by atoms with Gasteiger partial charge in [-0.25, -0.2) is 9.97 Å². The minimum absolute atomic E-state index is 0.202. The number of aryl methyl sites for hydroxylation is 1. The molecule has 7 nitrogen and oxygen atoms in total. The molecule has 0 aliphatic carbocycles. The van der Waals surface area contributed by atoms with Crippen LogP contribution in [-0.2, 0) is 6.54 Å². The molecule has 0 aliphatic rings. The maximum atomic E-state index is 12.3. The summed E-state index contributed by atoms with van der Waals surface area (Å²) in [4.78, 5) is 22.1. The van der Waals surface area contributed by atoms with Crippen molar-refractivity contribution < 1.29 is 4.79 Å². The Kier molecular flexibility index (Phi) is 4.19. The molecule has 0 saturated carbocycles. The highest BCUT2D eigenvalue weighted by molar-refractivity contribution is 6.33. The lowest BCUT2D eigenvalue weighted by molar-refractivity contribution is 0.0776. The van der Waals surface area contributed by atoms with Gasteiger partial charge in [-0.15, -0.1) is 0 Å². The minimum atomic E-state index is -0.283. The molecule has 2 heterocycles. The average molecular weight is 295 g/mol. The van der Waals surface area contributed by atoms with Gasteiger partial charge in [0, 0.05) is 14.1 Å². The molecule has 0 radical (unpaired) electrons. The van der Waals surface area contributed by atoms with Crippen LogP contribution in [0.4, 0.5) is 5.82 Å². The molecule has 106 valence electrons. The number of halogens is 1. The average Bonchev–Trinajstić information content (AvgIpc) is 2.84. The Bertz CT molecular complexity index is 626. The smallest absolute Gasteiger partial charge is 0.274 e. The number of pyridine rings is 1. The Morgan fingerprint density at radius 3 is 2.80 bits per heavy atom. The molecule has 0 spiro atoms. The molecule has 0 saturated heterocycles. The molecule has 2 aromatic rings. The number of nitrogens with one attached hydrogen (secondary N) is 2. The molecular formula is C12H15ClN6O. The summed E-state index contributed by atoms with van der Waals surface area (Å²) in [5, 5.41) is 9.91. The van der Waals surface area contributed by atoms with Gasteiger partial charge in [0.05, 0.1) is 11.6 Å². The van der Waals surface area contributed by atoms with Gasteiger partial charge in [0.15, 0.2) is 5.82 Å². The van der Waals surface area contributed by atoms with Crippen molar-refractivity contribution in [2.75, 3.05) is 19.4 Å². The van der Waals surface area contributed by atoms with Crippen molar-refractivity contribution in [1.82, 2.24) is 25.1 Å². The van der Waals surface area contributed by atoms with Gasteiger partial charge in [-0.1, -0.05) is 11.6 Å². The summed E-state index contributed by atoms with van der Waals surface area (Å²) in [6, 6.07) is 3.34. The number of H-pyrrole nitrogens is 1. The number of carbonyl (C=O) groups excluding carboxylic acids is 1. The summed E-state index contributed by atoms with van der Waals surface area (Å²) in [5.74, 6) is 1.54. The molecule has 0 fully saturated rings. The van der Waals surface area contributed by atoms with Crippen molar-refractivity contribution in [2.24, 2.45) is 0 Å². The van der Waals surface area contributed by atoms with E-state index in [-0.39, 0.29) is 18.1 Å². The molecule has 2 rings (SSSR count). The second-order valence-corrected chi connectivity index (χ2v) is 4.68. The van der Waals surface area contributed by atoms with Crippen LogP contribution in [-0.4, -0.2) is 45.1 Å². The summed E-state index contributed by atoms with van der Waals surface area (Å²) in [6.45, 7) is 2.08. The van der Waals surface area contributed by atoms with E-state index in [9.17, 15) is 4.79 Å². The van der Waals surface area contributed by atoms with Gasteiger partial charge >= 0.3 is 0 Å². The third-order valence-corrected chi connectivity index (χ3v) is 2.98. The first-order valence-electron chi connectivity index (χ1n) is 5.99. The second-order valence-electron chi connectivity index (χ2n) is 4.28. The van der Waals surface area contributed by atoms with Crippen molar-refractivity contribution in [3.63, 3.8) is 0 Å². The van der Waals surface area contributed by atoms with Gasteiger partial charge in [-0.2, -0.15) is 5.10 Å². The molecule has 0 aromatic carbocycles. The maximum Gasteiger partial charge on any atom is 0.274 e. The number of rotatable bonds is 4. The van der Waals surface area contributed by atoms with E-state index in [0.29, 0.717) is 22.5 Å². The van der Waals surface area contributed by atoms with Crippen molar-refractivity contribution in [3.8, 4) is 0 Å². The topological polar surface area (TPSA) is 86.8 Å². The molecule has 1 amide bonds. The van der Waals surface area contributed by atoms with Crippen LogP contribution in [0.25, 0.3) is 0 Å². The number of hydrogen-bond acceptors (Lipinski definition) is 5. The lowest BCUT2D eigenvalue weighted by atomic mass is 10.3. The van der Waals surface area contributed by atoms with Gasteiger partial charge in [-0.05, 0) is 19.1 Å². The van der Waals surface area contributed by atoms with Crippen molar-refractivity contribution in [1.29, 1.82) is 0 Å². The second kappa shape index (κ2) is 5.87. The van der Waals surface area contributed by atoms with Crippen molar-refractivity contribution in [3.05, 3.63) is 34.5 Å². The largest absolute Gasteiger partial charge is 0.373 e. The lowest BCUT2D eigenvalue weighted by Gasteiger charge is -2.15. The highest BCUT2D eigenvalue weighted by atomic mass is 35.5. The first-order chi connectivity index (χ1) is 9.51. The molecule has 8 heteroatoms. The van der Waals surface area contributed by atoms with Gasteiger partial charge in [0.1, 0.15) is 17.3 Å². The molecular weight excluding hydrogens is 280 g/mol. The van der Waals surface area contributed by atoms with E-state index in [4.69, 9.17) is 11.6 Å². The van der Waals surface area contributed by atoms with E-state index in [1.807, 2.05) is 0 Å². The van der Waals surface area contributed by atoms with E-state index < -0.39 is 0 Å². The maximum absolute atomic E-state index is 12.3. The number of hydrogen-bond donors (Lipinski definition) is 2. The van der Waals surface area contributed by atoms with Crippen LogP contribution in [0.1, 0.15) is 22.1 Å². The Morgan fingerprint density at radius 2 is 2.20 bits per heavy atom. The zero-order valence-electron chi connectivity index (χ0n) is 11.4. The Labute approximate surface area is 121 Å². The van der Waals surface area contributed by atoms with E-state index in [0.717, 1.165) is 0 Å². The third kappa shape index (κ3) is 3.05. The van der Waals surface area contributed by atoms with Gasteiger partial charge in [-0.3, -0.25) is 9.89 Å². The molecule has 0 unspecified atom stereocenters. The SMILES string of the molecule is CNc1ccc(Cl)c(C(=O)N(C)Cc2n[nH]c(C)n2)n1. The Morgan fingerprint density at radius 1 is 1.45 bits per heavy atom. The summed E-state index contributed by atoms with van der Waals surface area (Å²) in [6.07, 6.45) is 0. The van der Waals surface area contributed by atoms with E-state index in [2.05, 4.69) is 25.5 Å². The molecule has 2 N–H and O–H groups in total. The molecule has 20 heavy (non-hydrogen) atoms. The molecule has 0 atom stereocenters. The molecule has 2 aromatic heterocycles. The lowest BCUT2D eigenvalue weighted by Crippen LogP contribution is -2.28. The zero-order valence-corrected chi connectivity index (χ0v) is 12.2. The summed E-state index contributed by atoms with van der Waals surface area (Å²) in [7, 11) is 3.38. The van der Waals surface area contributed by atoms with E-state index >= 15 is 0 Å². The number of carbonyl (C=O) groups is 1. The first kappa shape index (κ1) is 14.3. The normalized spacial score (nSPS) is 10.4. The number of aromatic amines is 1. The van der Waals surface area contributed by atoms with Gasteiger partial charge in [0.2, 0.25) is 0 Å². The number of amides is 1. The van der Waals surface area contributed by atoms with E-state index in [1.54, 1.807) is 33.2 Å². The van der Waals surface area contributed by atoms with Gasteiger partial charge < -0.3 is 10.2 Å². The first-order valence-corrected chi connectivity index (χ1v) is 6.36. The summed E-state index contributed by atoms with van der Waals surface area (Å²) >= 11 is 6.02. The fourth-order valence-corrected chi connectivity index (χ4v) is 1.84. The van der Waals surface area contributed by atoms with Gasteiger partial charge in [0.25, 0.3) is 5.91 Å². The predicted octanol–water partition coefficient (Wildman–Crippen LogP) is 1.48. The third-order valence-electron chi connectivity index (χ3n) is 2.67. The monoisotopic (exact) mass is 294 g/mol. The predicted molar refractivity (Wildman–Crippen MR) is 75.7 cm³/mol. The molecule has 0 bridgehead atoms. The summed E-state index contributed by atoms with van der Waals surface area (Å²) < 4.78 is 0. The van der Waals surface area contributed by atoms with E-state index in [1.165, 1.54) is 4.90 Å². The quantitative estimate of drug-likeness (QED) is 0.892. The van der Waals surface area contributed by atoms with Crippen molar-refractivity contribution >= 4 is 23.3 Å². The Hall–Kier alpha value is -2.15. The fraction of sp³-hybridized carbons (Fsp3) is 0.333. The van der Waals surface area contributed by atoms with Crippen LogP contribution >= 0.6 is 11.6 Å². The number of aromatic nitrogens is 4. The summed E-state index contributed by atoms with van der Waals surface area (Å²) in [5.41, 5.74) is 0.202. The highest BCUT2D eigenvalue weighted by Crippen LogP contribution is 2.18. The number of anilines is 1. The highest BCUT2D eigenvalue weighted by Gasteiger charge is 2.18. The van der Waals surface area contributed by atoms with Crippen LogP contribution in [0.15, 0.2) is 12.1 Å². The van der Waals surface area contributed by atoms with Crippen LogP contribution in [0.2, 0.25) is 5.02 Å². The number of nitrogens with zero attached hydrogens (tertiary/aromatic N) is 4. The minimum Gasteiger partial charge on any atom is -0.373 e. The van der Waals surface area contributed by atoms with Crippen LogP contribution in [0, 0.1) is 6.92 Å². The zero-order chi connectivity index (χ0) is 14.7. The van der Waals surface area contributed by atoms with Crippen LogP contribution in [0.5, 0.6) is 0 Å². The Balaban J connectivity index is 2.17. The van der Waals surface area contributed by atoms with Crippen LogP contribution < -0.4 is 5.32 Å². The fourth-order valence-electron chi connectivity index (χ4n) is 1.66. The molecule has 0 aliphatic heterocycles. The van der Waals surface area contributed by atoms with Crippen LogP contribution in [0.3, 0.4) is 0 Å².